The number of rotatable bonds is 4. The van der Waals surface area contributed by atoms with E-state index in [0.29, 0.717) is 23.9 Å². The van der Waals surface area contributed by atoms with Gasteiger partial charge in [0.15, 0.2) is 6.61 Å². The van der Waals surface area contributed by atoms with Crippen molar-refractivity contribution in [1.82, 2.24) is 15.3 Å². The zero-order valence-electron chi connectivity index (χ0n) is 14.9. The van der Waals surface area contributed by atoms with Crippen LogP contribution in [0.15, 0.2) is 42.7 Å². The lowest BCUT2D eigenvalue weighted by molar-refractivity contribution is -0.125. The molecule has 1 atom stereocenters. The Kier molecular flexibility index (Phi) is 4.86. The van der Waals surface area contributed by atoms with Gasteiger partial charge in [-0.15, -0.1) is 0 Å². The van der Waals surface area contributed by atoms with Gasteiger partial charge in [0.1, 0.15) is 12.3 Å². The van der Waals surface area contributed by atoms with Crippen LogP contribution in [-0.4, -0.2) is 54.1 Å². The van der Waals surface area contributed by atoms with Gasteiger partial charge < -0.3 is 15.0 Å². The molecule has 1 aromatic carbocycles. The predicted octanol–water partition coefficient (Wildman–Crippen LogP) is 0.987. The van der Waals surface area contributed by atoms with E-state index in [9.17, 15) is 9.59 Å². The van der Waals surface area contributed by atoms with E-state index in [1.165, 1.54) is 4.90 Å². The minimum atomic E-state index is -0.216. The highest BCUT2D eigenvalue weighted by Crippen LogP contribution is 2.31. The number of fused-ring (bicyclic) bond motifs is 1. The molecule has 3 heterocycles. The zero-order valence-corrected chi connectivity index (χ0v) is 14.9. The van der Waals surface area contributed by atoms with Gasteiger partial charge in [-0.05, 0) is 31.0 Å². The van der Waals surface area contributed by atoms with E-state index < -0.39 is 0 Å². The summed E-state index contributed by atoms with van der Waals surface area (Å²) in [4.78, 5) is 36.9. The highest BCUT2D eigenvalue weighted by Gasteiger charge is 2.28. The van der Waals surface area contributed by atoms with Crippen molar-refractivity contribution >= 4 is 23.5 Å². The van der Waals surface area contributed by atoms with Crippen molar-refractivity contribution in [2.24, 2.45) is 0 Å². The largest absolute Gasteiger partial charge is 0.482 e. The van der Waals surface area contributed by atoms with E-state index in [0.717, 1.165) is 19.4 Å². The monoisotopic (exact) mass is 367 g/mol. The summed E-state index contributed by atoms with van der Waals surface area (Å²) in [6, 6.07) is 9.03. The lowest BCUT2D eigenvalue weighted by atomic mass is 10.1. The quantitative estimate of drug-likeness (QED) is 0.867. The number of carbonyl (C=O) groups excluding carboxylic acids is 2. The predicted molar refractivity (Wildman–Crippen MR) is 99.7 cm³/mol. The molecule has 8 heteroatoms. The maximum absolute atomic E-state index is 12.6. The molecule has 0 radical (unpaired) electrons. The molecule has 1 fully saturated rings. The first-order valence-electron chi connectivity index (χ1n) is 9.04. The van der Waals surface area contributed by atoms with Crippen LogP contribution in [0.2, 0.25) is 0 Å². The Morgan fingerprint density at radius 1 is 1.22 bits per heavy atom. The molecule has 4 rings (SSSR count). The van der Waals surface area contributed by atoms with E-state index in [1.54, 1.807) is 30.6 Å². The maximum atomic E-state index is 12.6. The van der Waals surface area contributed by atoms with E-state index in [1.807, 2.05) is 12.1 Å². The number of amides is 2. The van der Waals surface area contributed by atoms with Gasteiger partial charge in [0.25, 0.3) is 5.91 Å². The molecule has 8 nitrogen and oxygen atoms in total. The van der Waals surface area contributed by atoms with Crippen LogP contribution in [0.5, 0.6) is 5.75 Å². The summed E-state index contributed by atoms with van der Waals surface area (Å²) >= 11 is 0. The standard InChI is InChI=1S/C19H21N5O3/c25-17(12-24-15-6-1-2-7-16(15)27-13-18(24)26)22-14-5-3-10-23(11-14)19-20-8-4-9-21-19/h1-2,4,6-9,14H,3,5,10-13H2,(H,22,25). The molecule has 2 amide bonds. The average Bonchev–Trinajstić information content (AvgIpc) is 2.71. The van der Waals surface area contributed by atoms with E-state index >= 15 is 0 Å². The Morgan fingerprint density at radius 3 is 2.89 bits per heavy atom. The summed E-state index contributed by atoms with van der Waals surface area (Å²) in [5.41, 5.74) is 0.631. The third-order valence-electron chi connectivity index (χ3n) is 4.73. The highest BCUT2D eigenvalue weighted by molar-refractivity contribution is 6.02. The van der Waals surface area contributed by atoms with E-state index in [4.69, 9.17) is 4.74 Å². The van der Waals surface area contributed by atoms with Crippen LogP contribution < -0.4 is 19.9 Å². The van der Waals surface area contributed by atoms with Crippen LogP contribution in [0.1, 0.15) is 12.8 Å². The van der Waals surface area contributed by atoms with Crippen molar-refractivity contribution in [2.75, 3.05) is 36.0 Å². The maximum Gasteiger partial charge on any atom is 0.265 e. The average molecular weight is 367 g/mol. The third kappa shape index (κ3) is 3.84. The summed E-state index contributed by atoms with van der Waals surface area (Å²) < 4.78 is 5.42. The van der Waals surface area contributed by atoms with Gasteiger partial charge >= 0.3 is 0 Å². The van der Waals surface area contributed by atoms with Crippen LogP contribution in [0.25, 0.3) is 0 Å². The second-order valence-corrected chi connectivity index (χ2v) is 6.64. The SMILES string of the molecule is O=C(CN1C(=O)COc2ccccc21)NC1CCCN(c2ncccn2)C1. The molecular weight excluding hydrogens is 346 g/mol. The van der Waals surface area contributed by atoms with Crippen LogP contribution >= 0.6 is 0 Å². The Hall–Kier alpha value is -3.16. The Morgan fingerprint density at radius 2 is 2.04 bits per heavy atom. The number of piperidine rings is 1. The molecule has 2 aliphatic heterocycles. The number of nitrogens with zero attached hydrogens (tertiary/aromatic N) is 4. The number of nitrogens with one attached hydrogen (secondary N) is 1. The van der Waals surface area contributed by atoms with Crippen LogP contribution in [0.3, 0.4) is 0 Å². The molecule has 1 aromatic heterocycles. The zero-order chi connectivity index (χ0) is 18.6. The lowest BCUT2D eigenvalue weighted by Gasteiger charge is -2.34. The fraction of sp³-hybridized carbons (Fsp3) is 0.368. The van der Waals surface area contributed by atoms with E-state index in [-0.39, 0.29) is 31.0 Å². The smallest absolute Gasteiger partial charge is 0.265 e. The van der Waals surface area contributed by atoms with Crippen molar-refractivity contribution in [3.8, 4) is 5.75 Å². The van der Waals surface area contributed by atoms with Crippen molar-refractivity contribution in [1.29, 1.82) is 0 Å². The first kappa shape index (κ1) is 17.3. The fourth-order valence-corrected chi connectivity index (χ4v) is 3.48. The number of aromatic nitrogens is 2. The normalized spacial score (nSPS) is 19.3. The van der Waals surface area contributed by atoms with Crippen LogP contribution in [0.4, 0.5) is 11.6 Å². The third-order valence-corrected chi connectivity index (χ3v) is 4.73. The molecule has 0 bridgehead atoms. The molecule has 140 valence electrons. The first-order valence-corrected chi connectivity index (χ1v) is 9.04. The molecule has 27 heavy (non-hydrogen) atoms. The Balaban J connectivity index is 1.39. The van der Waals surface area contributed by atoms with Gasteiger partial charge in [-0.2, -0.15) is 0 Å². The molecule has 1 N–H and O–H groups in total. The molecule has 0 saturated carbocycles. The summed E-state index contributed by atoms with van der Waals surface area (Å²) in [6.07, 6.45) is 5.27. The summed E-state index contributed by atoms with van der Waals surface area (Å²) in [6.45, 7) is 1.46. The van der Waals surface area contributed by atoms with Crippen LogP contribution in [0, 0.1) is 0 Å². The number of hydrogen-bond donors (Lipinski definition) is 1. The molecule has 1 saturated heterocycles. The number of ether oxygens (including phenoxy) is 1. The second kappa shape index (κ2) is 7.61. The number of para-hydroxylation sites is 2. The molecule has 0 spiro atoms. The fourth-order valence-electron chi connectivity index (χ4n) is 3.48. The number of hydrogen-bond acceptors (Lipinski definition) is 6. The van der Waals surface area contributed by atoms with Crippen molar-refractivity contribution in [3.63, 3.8) is 0 Å². The first-order chi connectivity index (χ1) is 13.2. The Bertz CT molecular complexity index is 829. The molecular formula is C19H21N5O3. The number of anilines is 2. The highest BCUT2D eigenvalue weighted by atomic mass is 16.5. The topological polar surface area (TPSA) is 87.7 Å². The minimum Gasteiger partial charge on any atom is -0.482 e. The molecule has 1 unspecified atom stereocenters. The Labute approximate surface area is 157 Å². The number of carbonyl (C=O) groups is 2. The van der Waals surface area contributed by atoms with Crippen molar-refractivity contribution in [2.45, 2.75) is 18.9 Å². The molecule has 0 aliphatic carbocycles. The number of benzene rings is 1. The van der Waals surface area contributed by atoms with Gasteiger partial charge in [0.2, 0.25) is 11.9 Å². The second-order valence-electron chi connectivity index (χ2n) is 6.64. The summed E-state index contributed by atoms with van der Waals surface area (Å²) in [5.74, 6) is 0.899. The van der Waals surface area contributed by atoms with Crippen molar-refractivity contribution < 1.29 is 14.3 Å². The van der Waals surface area contributed by atoms with Gasteiger partial charge in [0, 0.05) is 31.5 Å². The van der Waals surface area contributed by atoms with Crippen LogP contribution in [-0.2, 0) is 9.59 Å². The summed E-state index contributed by atoms with van der Waals surface area (Å²) in [5, 5.41) is 3.05. The summed E-state index contributed by atoms with van der Waals surface area (Å²) in [7, 11) is 0. The van der Waals surface area contributed by atoms with Gasteiger partial charge in [-0.1, -0.05) is 12.1 Å². The van der Waals surface area contributed by atoms with Gasteiger partial charge in [-0.25, -0.2) is 9.97 Å². The van der Waals surface area contributed by atoms with Crippen molar-refractivity contribution in [3.05, 3.63) is 42.7 Å². The minimum absolute atomic E-state index is 0.00134. The molecule has 2 aromatic rings. The lowest BCUT2D eigenvalue weighted by Crippen LogP contribution is -2.52. The van der Waals surface area contributed by atoms with Gasteiger partial charge in [-0.3, -0.25) is 14.5 Å². The van der Waals surface area contributed by atoms with Gasteiger partial charge in [0.05, 0.1) is 5.69 Å². The molecule has 2 aliphatic rings. The van der Waals surface area contributed by atoms with E-state index in [2.05, 4.69) is 20.2 Å².